The highest BCUT2D eigenvalue weighted by Crippen LogP contribution is 2.34. The van der Waals surface area contributed by atoms with E-state index in [2.05, 4.69) is 47.7 Å². The molecule has 18 heavy (non-hydrogen) atoms. The third-order valence-electron chi connectivity index (χ3n) is 3.67. The van der Waals surface area contributed by atoms with Crippen LogP contribution in [0.1, 0.15) is 38.3 Å². The Balaban J connectivity index is 2.02. The van der Waals surface area contributed by atoms with Crippen molar-refractivity contribution in [3.8, 4) is 11.4 Å². The molecule has 2 aromatic rings. The zero-order valence-electron chi connectivity index (χ0n) is 11.1. The normalized spacial score (nSPS) is 15.3. The van der Waals surface area contributed by atoms with Gasteiger partial charge in [0, 0.05) is 18.4 Å². The summed E-state index contributed by atoms with van der Waals surface area (Å²) in [7, 11) is 0. The maximum atomic E-state index is 4.49. The van der Waals surface area contributed by atoms with Crippen molar-refractivity contribution in [2.75, 3.05) is 0 Å². The lowest BCUT2D eigenvalue weighted by atomic mass is 10.1. The summed E-state index contributed by atoms with van der Waals surface area (Å²) in [4.78, 5) is 4.49. The van der Waals surface area contributed by atoms with Crippen LogP contribution in [-0.2, 0) is 6.54 Å². The van der Waals surface area contributed by atoms with Crippen molar-refractivity contribution in [2.24, 2.45) is 5.92 Å². The second kappa shape index (κ2) is 4.60. The van der Waals surface area contributed by atoms with E-state index in [1.807, 2.05) is 12.3 Å². The van der Waals surface area contributed by atoms with Gasteiger partial charge in [-0.3, -0.25) is 4.98 Å². The molecule has 0 aliphatic heterocycles. The highest BCUT2D eigenvalue weighted by molar-refractivity contribution is 5.56. The summed E-state index contributed by atoms with van der Waals surface area (Å²) in [5, 5.41) is 0. The molecule has 1 fully saturated rings. The van der Waals surface area contributed by atoms with Gasteiger partial charge in [-0.15, -0.1) is 0 Å². The van der Waals surface area contributed by atoms with E-state index in [0.29, 0.717) is 5.92 Å². The summed E-state index contributed by atoms with van der Waals surface area (Å²) in [6, 6.07) is 10.6. The van der Waals surface area contributed by atoms with Gasteiger partial charge in [-0.2, -0.15) is 0 Å². The predicted molar refractivity (Wildman–Crippen MR) is 74.5 cm³/mol. The van der Waals surface area contributed by atoms with Crippen LogP contribution in [0.25, 0.3) is 11.4 Å². The average molecular weight is 240 g/mol. The van der Waals surface area contributed by atoms with Crippen LogP contribution in [0.5, 0.6) is 0 Å². The molecule has 1 aliphatic rings. The zero-order valence-corrected chi connectivity index (χ0v) is 11.1. The van der Waals surface area contributed by atoms with E-state index in [-0.39, 0.29) is 0 Å². The van der Waals surface area contributed by atoms with Crippen LogP contribution in [0.4, 0.5) is 0 Å². The third-order valence-corrected chi connectivity index (χ3v) is 3.67. The smallest absolute Gasteiger partial charge is 0.0866 e. The molecule has 0 N–H and O–H groups in total. The minimum Gasteiger partial charge on any atom is -0.343 e. The van der Waals surface area contributed by atoms with Crippen molar-refractivity contribution < 1.29 is 0 Å². The monoisotopic (exact) mass is 240 g/mol. The molecule has 3 rings (SSSR count). The molecule has 0 bridgehead atoms. The van der Waals surface area contributed by atoms with Crippen LogP contribution in [-0.4, -0.2) is 9.55 Å². The van der Waals surface area contributed by atoms with E-state index in [1.54, 1.807) is 0 Å². The molecule has 94 valence electrons. The Labute approximate surface area is 109 Å². The molecule has 2 heterocycles. The lowest BCUT2D eigenvalue weighted by Crippen LogP contribution is -2.08. The summed E-state index contributed by atoms with van der Waals surface area (Å²) in [6.45, 7) is 5.69. The first kappa shape index (κ1) is 11.5. The number of hydrogen-bond acceptors (Lipinski definition) is 1. The summed E-state index contributed by atoms with van der Waals surface area (Å²) in [6.07, 6.45) is 4.65. The highest BCUT2D eigenvalue weighted by Gasteiger charge is 2.24. The fourth-order valence-electron chi connectivity index (χ4n) is 2.49. The van der Waals surface area contributed by atoms with Gasteiger partial charge in [0.05, 0.1) is 11.4 Å². The summed E-state index contributed by atoms with van der Waals surface area (Å²) >= 11 is 0. The van der Waals surface area contributed by atoms with Crippen molar-refractivity contribution in [3.05, 3.63) is 42.2 Å². The fourth-order valence-corrected chi connectivity index (χ4v) is 2.49. The summed E-state index contributed by atoms with van der Waals surface area (Å²) in [5.41, 5.74) is 3.79. The molecule has 0 spiro atoms. The first-order chi connectivity index (χ1) is 8.75. The first-order valence-electron chi connectivity index (χ1n) is 6.86. The number of pyridine rings is 1. The third kappa shape index (κ3) is 2.20. The number of rotatable bonds is 4. The molecule has 2 nitrogen and oxygen atoms in total. The fraction of sp³-hybridized carbons (Fsp3) is 0.438. The van der Waals surface area contributed by atoms with Gasteiger partial charge in [0.2, 0.25) is 0 Å². The first-order valence-corrected chi connectivity index (χ1v) is 6.86. The van der Waals surface area contributed by atoms with Crippen LogP contribution >= 0.6 is 0 Å². The minimum absolute atomic E-state index is 0.571. The number of aromatic nitrogens is 2. The minimum atomic E-state index is 0.571. The van der Waals surface area contributed by atoms with Crippen molar-refractivity contribution in [3.63, 3.8) is 0 Å². The molecule has 2 aromatic heterocycles. The van der Waals surface area contributed by atoms with E-state index in [1.165, 1.54) is 24.2 Å². The van der Waals surface area contributed by atoms with Gasteiger partial charge in [0.1, 0.15) is 0 Å². The van der Waals surface area contributed by atoms with Gasteiger partial charge in [-0.1, -0.05) is 19.9 Å². The SMILES string of the molecule is CC(C)c1ccc(-c2ccccn2)n1CC1CC1. The maximum absolute atomic E-state index is 4.49. The van der Waals surface area contributed by atoms with Gasteiger partial charge in [0.15, 0.2) is 0 Å². The van der Waals surface area contributed by atoms with Gasteiger partial charge in [0.25, 0.3) is 0 Å². The van der Waals surface area contributed by atoms with Gasteiger partial charge >= 0.3 is 0 Å². The van der Waals surface area contributed by atoms with E-state index < -0.39 is 0 Å². The molecule has 0 unspecified atom stereocenters. The van der Waals surface area contributed by atoms with Gasteiger partial charge in [-0.05, 0) is 48.9 Å². The number of hydrogen-bond donors (Lipinski definition) is 0. The quantitative estimate of drug-likeness (QED) is 0.787. The van der Waals surface area contributed by atoms with Crippen LogP contribution in [0, 0.1) is 5.92 Å². The Morgan fingerprint density at radius 1 is 1.22 bits per heavy atom. The molecule has 1 aliphatic carbocycles. The molecule has 1 saturated carbocycles. The van der Waals surface area contributed by atoms with Crippen molar-refractivity contribution in [1.82, 2.24) is 9.55 Å². The molecule has 0 saturated heterocycles. The Bertz CT molecular complexity index is 521. The van der Waals surface area contributed by atoms with Crippen molar-refractivity contribution >= 4 is 0 Å². The largest absolute Gasteiger partial charge is 0.343 e. The predicted octanol–water partition coefficient (Wildman–Crippen LogP) is 4.08. The van der Waals surface area contributed by atoms with Gasteiger partial charge in [-0.25, -0.2) is 0 Å². The Morgan fingerprint density at radius 2 is 2.06 bits per heavy atom. The maximum Gasteiger partial charge on any atom is 0.0866 e. The molecule has 0 atom stereocenters. The zero-order chi connectivity index (χ0) is 12.5. The summed E-state index contributed by atoms with van der Waals surface area (Å²) < 4.78 is 2.48. The Hall–Kier alpha value is -1.57. The molecule has 0 amide bonds. The van der Waals surface area contributed by atoms with Crippen LogP contribution in [0.15, 0.2) is 36.5 Å². The Kier molecular flexibility index (Phi) is 2.94. The topological polar surface area (TPSA) is 17.8 Å². The van der Waals surface area contributed by atoms with Crippen LogP contribution in [0.2, 0.25) is 0 Å². The average Bonchev–Trinajstić information content (AvgIpc) is 3.08. The lowest BCUT2D eigenvalue weighted by Gasteiger charge is -2.15. The van der Waals surface area contributed by atoms with E-state index in [4.69, 9.17) is 0 Å². The van der Waals surface area contributed by atoms with Crippen LogP contribution < -0.4 is 0 Å². The van der Waals surface area contributed by atoms with Crippen molar-refractivity contribution in [2.45, 2.75) is 39.2 Å². The van der Waals surface area contributed by atoms with Gasteiger partial charge < -0.3 is 4.57 Å². The van der Waals surface area contributed by atoms with E-state index in [9.17, 15) is 0 Å². The van der Waals surface area contributed by atoms with Crippen molar-refractivity contribution in [1.29, 1.82) is 0 Å². The second-order valence-corrected chi connectivity index (χ2v) is 5.57. The second-order valence-electron chi connectivity index (χ2n) is 5.57. The highest BCUT2D eigenvalue weighted by atomic mass is 15.0. The number of nitrogens with zero attached hydrogens (tertiary/aromatic N) is 2. The molecule has 2 heteroatoms. The Morgan fingerprint density at radius 3 is 2.67 bits per heavy atom. The summed E-state index contributed by atoms with van der Waals surface area (Å²) in [5.74, 6) is 1.46. The molecular formula is C16H20N2. The molecule has 0 aromatic carbocycles. The van der Waals surface area contributed by atoms with E-state index in [0.717, 1.165) is 18.2 Å². The van der Waals surface area contributed by atoms with E-state index >= 15 is 0 Å². The standard InChI is InChI=1S/C16H20N2/c1-12(2)15-8-9-16(14-5-3-4-10-17-14)18(15)11-13-6-7-13/h3-5,8-10,12-13H,6-7,11H2,1-2H3. The lowest BCUT2D eigenvalue weighted by molar-refractivity contribution is 0.591. The molecular weight excluding hydrogens is 220 g/mol. The van der Waals surface area contributed by atoms with Crippen LogP contribution in [0.3, 0.4) is 0 Å². The molecule has 0 radical (unpaired) electrons.